The van der Waals surface area contributed by atoms with E-state index in [-0.39, 0.29) is 16.9 Å². The van der Waals surface area contributed by atoms with Gasteiger partial charge in [0.15, 0.2) is 0 Å². The quantitative estimate of drug-likeness (QED) is 0.636. The molecule has 3 nitrogen and oxygen atoms in total. The number of halogens is 2. The van der Waals surface area contributed by atoms with Crippen molar-refractivity contribution < 1.29 is 4.39 Å². The van der Waals surface area contributed by atoms with Crippen LogP contribution in [0, 0.1) is 5.82 Å². The molecule has 0 aliphatic carbocycles. The van der Waals surface area contributed by atoms with Crippen LogP contribution in [-0.2, 0) is 12.8 Å². The summed E-state index contributed by atoms with van der Waals surface area (Å²) in [7, 11) is 0. The lowest BCUT2D eigenvalue weighted by Crippen LogP contribution is -2.37. The second kappa shape index (κ2) is 7.33. The van der Waals surface area contributed by atoms with Gasteiger partial charge in [0.1, 0.15) is 5.82 Å². The van der Waals surface area contributed by atoms with E-state index in [0.717, 1.165) is 18.5 Å². The van der Waals surface area contributed by atoms with Crippen LogP contribution >= 0.6 is 11.6 Å². The highest BCUT2D eigenvalue weighted by molar-refractivity contribution is 6.30. The minimum Gasteiger partial charge on any atom is -0.271 e. The van der Waals surface area contributed by atoms with Crippen molar-refractivity contribution in [1.29, 1.82) is 0 Å². The molecule has 1 unspecified atom stereocenters. The summed E-state index contributed by atoms with van der Waals surface area (Å²) >= 11 is 5.78. The summed E-state index contributed by atoms with van der Waals surface area (Å²) < 4.78 is 13.8. The monoisotopic (exact) mass is 293 g/mol. The van der Waals surface area contributed by atoms with Crippen molar-refractivity contribution >= 4 is 11.6 Å². The van der Waals surface area contributed by atoms with Gasteiger partial charge in [0.2, 0.25) is 0 Å². The lowest BCUT2D eigenvalue weighted by molar-refractivity contribution is 0.478. The number of pyridine rings is 1. The molecular weight excluding hydrogens is 277 g/mol. The molecule has 0 fully saturated rings. The Morgan fingerprint density at radius 2 is 2.10 bits per heavy atom. The van der Waals surface area contributed by atoms with Crippen LogP contribution in [0.5, 0.6) is 0 Å². The topological polar surface area (TPSA) is 50.9 Å². The molecule has 0 bridgehead atoms. The zero-order chi connectivity index (χ0) is 14.4. The van der Waals surface area contributed by atoms with Crippen LogP contribution in [0.25, 0.3) is 0 Å². The fourth-order valence-electron chi connectivity index (χ4n) is 2.08. The number of hydrazine groups is 1. The number of nitrogens with one attached hydrogen (secondary N) is 1. The molecule has 2 rings (SSSR count). The maximum absolute atomic E-state index is 13.8. The lowest BCUT2D eigenvalue weighted by Gasteiger charge is -2.16. The fourth-order valence-corrected chi connectivity index (χ4v) is 2.28. The van der Waals surface area contributed by atoms with Crippen molar-refractivity contribution in [1.82, 2.24) is 10.4 Å². The number of aryl methyl sites for hydroxylation is 1. The molecule has 1 aromatic carbocycles. The van der Waals surface area contributed by atoms with Gasteiger partial charge in [-0.1, -0.05) is 29.8 Å². The van der Waals surface area contributed by atoms with Gasteiger partial charge in [-0.2, -0.15) is 0 Å². The molecule has 1 atom stereocenters. The summed E-state index contributed by atoms with van der Waals surface area (Å²) in [5.74, 6) is 5.18. The third-order valence-corrected chi connectivity index (χ3v) is 3.50. The largest absolute Gasteiger partial charge is 0.271 e. The van der Waals surface area contributed by atoms with Crippen LogP contribution in [0.15, 0.2) is 42.6 Å². The molecule has 0 radical (unpaired) electrons. The first kappa shape index (κ1) is 14.9. The van der Waals surface area contributed by atoms with Gasteiger partial charge < -0.3 is 0 Å². The van der Waals surface area contributed by atoms with Crippen molar-refractivity contribution in [3.63, 3.8) is 0 Å². The van der Waals surface area contributed by atoms with Crippen LogP contribution < -0.4 is 11.3 Å². The average Bonchev–Trinajstić information content (AvgIpc) is 2.49. The van der Waals surface area contributed by atoms with E-state index in [2.05, 4.69) is 10.4 Å². The Kier molecular flexibility index (Phi) is 5.47. The summed E-state index contributed by atoms with van der Waals surface area (Å²) in [4.78, 5) is 4.26. The smallest absolute Gasteiger partial charge is 0.145 e. The van der Waals surface area contributed by atoms with Gasteiger partial charge >= 0.3 is 0 Å². The molecule has 106 valence electrons. The molecule has 5 heteroatoms. The second-order valence-electron chi connectivity index (χ2n) is 4.64. The predicted octanol–water partition coefficient (Wildman–Crippen LogP) is 2.88. The summed E-state index contributed by atoms with van der Waals surface area (Å²) in [5, 5.41) is 0.142. The standard InChI is InChI=1S/C15H17ClFN3/c16-14-6-3-4-11(15(14)17)10-13(20-18)8-7-12-5-1-2-9-19-12/h1-6,9,13,20H,7-8,10,18H2. The highest BCUT2D eigenvalue weighted by Gasteiger charge is 2.13. The fraction of sp³-hybridized carbons (Fsp3) is 0.267. The van der Waals surface area contributed by atoms with Crippen LogP contribution in [0.2, 0.25) is 5.02 Å². The molecule has 1 heterocycles. The first-order valence-electron chi connectivity index (χ1n) is 6.49. The number of rotatable bonds is 6. The number of benzene rings is 1. The maximum atomic E-state index is 13.8. The number of aromatic nitrogens is 1. The predicted molar refractivity (Wildman–Crippen MR) is 78.8 cm³/mol. The number of hydrogen-bond donors (Lipinski definition) is 2. The van der Waals surface area contributed by atoms with E-state index < -0.39 is 0 Å². The van der Waals surface area contributed by atoms with Gasteiger partial charge in [-0.05, 0) is 43.0 Å². The van der Waals surface area contributed by atoms with Crippen molar-refractivity contribution in [2.75, 3.05) is 0 Å². The molecule has 20 heavy (non-hydrogen) atoms. The van der Waals surface area contributed by atoms with Crippen LogP contribution in [0.1, 0.15) is 17.7 Å². The molecule has 0 spiro atoms. The van der Waals surface area contributed by atoms with E-state index in [0.29, 0.717) is 12.0 Å². The maximum Gasteiger partial charge on any atom is 0.145 e. The Hall–Kier alpha value is -1.49. The summed E-state index contributed by atoms with van der Waals surface area (Å²) in [6, 6.07) is 10.8. The van der Waals surface area contributed by atoms with Crippen LogP contribution in [0.4, 0.5) is 4.39 Å². The Balaban J connectivity index is 1.97. The Labute approximate surface area is 122 Å². The second-order valence-corrected chi connectivity index (χ2v) is 5.05. The molecule has 0 aliphatic rings. The average molecular weight is 294 g/mol. The molecule has 0 amide bonds. The molecule has 2 aromatic rings. The molecule has 3 N–H and O–H groups in total. The number of nitrogens with two attached hydrogens (primary N) is 1. The van der Waals surface area contributed by atoms with Crippen molar-refractivity contribution in [3.8, 4) is 0 Å². The molecule has 0 saturated carbocycles. The van der Waals surface area contributed by atoms with Gasteiger partial charge in [-0.15, -0.1) is 0 Å². The van der Waals surface area contributed by atoms with E-state index in [1.807, 2.05) is 18.2 Å². The highest BCUT2D eigenvalue weighted by atomic mass is 35.5. The van der Waals surface area contributed by atoms with E-state index >= 15 is 0 Å². The van der Waals surface area contributed by atoms with Crippen molar-refractivity contribution in [2.45, 2.75) is 25.3 Å². The van der Waals surface area contributed by atoms with Gasteiger partial charge in [-0.25, -0.2) is 4.39 Å². The van der Waals surface area contributed by atoms with E-state index in [1.54, 1.807) is 24.4 Å². The SMILES string of the molecule is NNC(CCc1ccccn1)Cc1cccc(Cl)c1F. The molecule has 1 aromatic heterocycles. The first-order valence-corrected chi connectivity index (χ1v) is 6.87. The Morgan fingerprint density at radius 3 is 2.80 bits per heavy atom. The van der Waals surface area contributed by atoms with Crippen LogP contribution in [0.3, 0.4) is 0 Å². The van der Waals surface area contributed by atoms with Crippen molar-refractivity contribution in [3.05, 3.63) is 64.7 Å². The third kappa shape index (κ3) is 4.00. The third-order valence-electron chi connectivity index (χ3n) is 3.21. The van der Waals surface area contributed by atoms with Gasteiger partial charge in [0.05, 0.1) is 5.02 Å². The molecule has 0 saturated heterocycles. The number of nitrogens with zero attached hydrogens (tertiary/aromatic N) is 1. The number of hydrogen-bond acceptors (Lipinski definition) is 3. The Morgan fingerprint density at radius 1 is 1.25 bits per heavy atom. The minimum absolute atomic E-state index is 0.0232. The summed E-state index contributed by atoms with van der Waals surface area (Å²) in [6.45, 7) is 0. The zero-order valence-corrected chi connectivity index (χ0v) is 11.8. The lowest BCUT2D eigenvalue weighted by atomic mass is 10.0. The van der Waals surface area contributed by atoms with Gasteiger partial charge in [-0.3, -0.25) is 16.3 Å². The van der Waals surface area contributed by atoms with E-state index in [1.165, 1.54) is 0 Å². The van der Waals surface area contributed by atoms with Crippen LogP contribution in [-0.4, -0.2) is 11.0 Å². The summed E-state index contributed by atoms with van der Waals surface area (Å²) in [5.41, 5.74) is 4.30. The Bertz CT molecular complexity index is 548. The normalized spacial score (nSPS) is 12.3. The van der Waals surface area contributed by atoms with E-state index in [4.69, 9.17) is 17.4 Å². The highest BCUT2D eigenvalue weighted by Crippen LogP contribution is 2.19. The molecule has 0 aliphatic heterocycles. The molecular formula is C15H17ClFN3. The minimum atomic E-state index is -0.368. The zero-order valence-electron chi connectivity index (χ0n) is 11.0. The summed E-state index contributed by atoms with van der Waals surface area (Å²) in [6.07, 6.45) is 3.82. The van der Waals surface area contributed by atoms with E-state index in [9.17, 15) is 4.39 Å². The first-order chi connectivity index (χ1) is 9.70. The van der Waals surface area contributed by atoms with Crippen molar-refractivity contribution in [2.24, 2.45) is 5.84 Å². The van der Waals surface area contributed by atoms with Gasteiger partial charge in [0.25, 0.3) is 0 Å². The van der Waals surface area contributed by atoms with Gasteiger partial charge in [0, 0.05) is 17.9 Å².